The summed E-state index contributed by atoms with van der Waals surface area (Å²) >= 11 is 1.77. The van der Waals surface area contributed by atoms with Crippen LogP contribution >= 0.6 is 11.3 Å². The molecule has 5 atom stereocenters. The summed E-state index contributed by atoms with van der Waals surface area (Å²) in [5, 5.41) is 18.3. The second-order valence-electron chi connectivity index (χ2n) is 14.7. The SMILES string of the molecule is CC[C@@H](NCc1nc2c(c(N[C@@H](CN3[C@H]4CCC[C@H]3CC4)c3cnc(C)s3)n1)C[C@H](c1cccc(F)c1)CC2)C1CCC(C(=O)O)CC1. The van der Waals surface area contributed by atoms with Crippen LogP contribution in [0, 0.1) is 24.6 Å². The number of aliphatic carboxylic acids is 1. The van der Waals surface area contributed by atoms with Crippen LogP contribution in [0.5, 0.6) is 0 Å². The number of hydrogen-bond acceptors (Lipinski definition) is 8. The van der Waals surface area contributed by atoms with Crippen molar-refractivity contribution < 1.29 is 14.3 Å². The van der Waals surface area contributed by atoms with Crippen molar-refractivity contribution in [1.82, 2.24) is 25.2 Å². The number of nitrogens with zero attached hydrogens (tertiary/aromatic N) is 4. The number of nitrogens with one attached hydrogen (secondary N) is 2. The summed E-state index contributed by atoms with van der Waals surface area (Å²) in [6.45, 7) is 5.80. The summed E-state index contributed by atoms with van der Waals surface area (Å²) in [7, 11) is 0. The molecule has 2 aliphatic carbocycles. The Morgan fingerprint density at radius 2 is 1.88 bits per heavy atom. The molecule has 2 aliphatic heterocycles. The Morgan fingerprint density at radius 1 is 1.08 bits per heavy atom. The van der Waals surface area contributed by atoms with E-state index < -0.39 is 5.97 Å². The van der Waals surface area contributed by atoms with Gasteiger partial charge in [0.25, 0.3) is 0 Å². The lowest BCUT2D eigenvalue weighted by Gasteiger charge is -2.37. The molecule has 3 N–H and O–H groups in total. The van der Waals surface area contributed by atoms with E-state index in [9.17, 15) is 14.3 Å². The van der Waals surface area contributed by atoms with Gasteiger partial charge >= 0.3 is 5.97 Å². The molecular weight excluding hydrogens is 624 g/mol. The highest BCUT2D eigenvalue weighted by Crippen LogP contribution is 2.40. The molecule has 1 saturated carbocycles. The van der Waals surface area contributed by atoms with Crippen LogP contribution in [0.15, 0.2) is 30.5 Å². The van der Waals surface area contributed by atoms with Gasteiger partial charge in [0.05, 0.1) is 23.5 Å². The van der Waals surface area contributed by atoms with Crippen molar-refractivity contribution in [1.29, 1.82) is 0 Å². The Bertz CT molecular complexity index is 1560. The number of piperidine rings is 1. The molecule has 1 aromatic carbocycles. The third kappa shape index (κ3) is 7.45. The van der Waals surface area contributed by atoms with Gasteiger partial charge in [-0.3, -0.25) is 9.69 Å². The van der Waals surface area contributed by atoms with Crippen molar-refractivity contribution in [2.75, 3.05) is 11.9 Å². The molecule has 3 fully saturated rings. The van der Waals surface area contributed by atoms with Gasteiger partial charge in [-0.2, -0.15) is 0 Å². The average Bonchev–Trinajstić information content (AvgIpc) is 3.61. The first-order chi connectivity index (χ1) is 23.3. The quantitative estimate of drug-likeness (QED) is 0.181. The normalized spacial score (nSPS) is 26.9. The molecule has 0 amide bonds. The first-order valence-electron chi connectivity index (χ1n) is 18.4. The highest BCUT2D eigenvalue weighted by Gasteiger charge is 2.38. The van der Waals surface area contributed by atoms with E-state index in [0.29, 0.717) is 30.6 Å². The van der Waals surface area contributed by atoms with E-state index in [4.69, 9.17) is 9.97 Å². The van der Waals surface area contributed by atoms with Gasteiger partial charge in [0.15, 0.2) is 0 Å². The van der Waals surface area contributed by atoms with Crippen LogP contribution in [0.3, 0.4) is 0 Å². The molecule has 2 bridgehead atoms. The zero-order valence-electron chi connectivity index (χ0n) is 28.5. The second-order valence-corrected chi connectivity index (χ2v) is 16.0. The largest absolute Gasteiger partial charge is 0.481 e. The lowest BCUT2D eigenvalue weighted by molar-refractivity contribution is -0.143. The third-order valence-electron chi connectivity index (χ3n) is 11.8. The van der Waals surface area contributed by atoms with Crippen LogP contribution in [-0.2, 0) is 24.2 Å². The molecule has 0 radical (unpaired) electrons. The van der Waals surface area contributed by atoms with Crippen molar-refractivity contribution in [2.24, 2.45) is 11.8 Å². The highest BCUT2D eigenvalue weighted by molar-refractivity contribution is 7.11. The number of halogens is 1. The van der Waals surface area contributed by atoms with Crippen LogP contribution in [0.4, 0.5) is 10.2 Å². The molecule has 4 aliphatic rings. The zero-order valence-corrected chi connectivity index (χ0v) is 29.3. The van der Waals surface area contributed by atoms with E-state index in [2.05, 4.69) is 40.4 Å². The molecule has 3 aromatic rings. The van der Waals surface area contributed by atoms with Crippen molar-refractivity contribution >= 4 is 23.1 Å². The molecule has 10 heteroatoms. The van der Waals surface area contributed by atoms with Gasteiger partial charge < -0.3 is 15.7 Å². The average molecular weight is 675 g/mol. The molecule has 8 nitrogen and oxygen atoms in total. The summed E-state index contributed by atoms with van der Waals surface area (Å²) in [6, 6.07) is 8.77. The van der Waals surface area contributed by atoms with Gasteiger partial charge in [0, 0.05) is 47.0 Å². The van der Waals surface area contributed by atoms with Gasteiger partial charge in [0.1, 0.15) is 17.5 Å². The van der Waals surface area contributed by atoms with Crippen molar-refractivity contribution in [3.8, 4) is 0 Å². The van der Waals surface area contributed by atoms with Gasteiger partial charge in [0.2, 0.25) is 0 Å². The first-order valence-corrected chi connectivity index (χ1v) is 19.2. The van der Waals surface area contributed by atoms with Crippen molar-refractivity contribution in [3.05, 3.63) is 68.8 Å². The number of carbonyl (C=O) groups is 1. The molecule has 0 spiro atoms. The zero-order chi connectivity index (χ0) is 33.2. The van der Waals surface area contributed by atoms with Crippen LogP contribution in [0.1, 0.15) is 122 Å². The van der Waals surface area contributed by atoms with E-state index in [1.807, 2.05) is 12.3 Å². The number of hydrogen-bond donors (Lipinski definition) is 3. The number of anilines is 1. The lowest BCUT2D eigenvalue weighted by atomic mass is 9.78. The summed E-state index contributed by atoms with van der Waals surface area (Å²) in [4.78, 5) is 30.6. The Balaban J connectivity index is 1.16. The maximum atomic E-state index is 14.3. The summed E-state index contributed by atoms with van der Waals surface area (Å²) in [6.07, 6.45) is 15.5. The maximum absolute atomic E-state index is 14.3. The fourth-order valence-electron chi connectivity index (χ4n) is 9.18. The van der Waals surface area contributed by atoms with E-state index in [1.165, 1.54) is 43.0 Å². The van der Waals surface area contributed by atoms with Crippen molar-refractivity contribution in [2.45, 2.75) is 134 Å². The summed E-state index contributed by atoms with van der Waals surface area (Å²) in [5.74, 6) is 1.34. The van der Waals surface area contributed by atoms with Crippen molar-refractivity contribution in [3.63, 3.8) is 0 Å². The topological polar surface area (TPSA) is 103 Å². The van der Waals surface area contributed by atoms with Crippen LogP contribution < -0.4 is 10.6 Å². The van der Waals surface area contributed by atoms with Crippen LogP contribution in [-0.4, -0.2) is 55.6 Å². The Hall–Kier alpha value is -2.95. The number of carboxylic acids is 1. The Labute approximate surface area is 288 Å². The molecular formula is C38H51FN6O2S. The molecule has 2 aromatic heterocycles. The third-order valence-corrected chi connectivity index (χ3v) is 12.9. The minimum Gasteiger partial charge on any atom is -0.481 e. The molecule has 4 heterocycles. The Kier molecular flexibility index (Phi) is 10.4. The van der Waals surface area contributed by atoms with Crippen LogP contribution in [0.25, 0.3) is 0 Å². The number of carboxylic acid groups (broad SMARTS) is 1. The predicted molar refractivity (Wildman–Crippen MR) is 188 cm³/mol. The number of rotatable bonds is 12. The summed E-state index contributed by atoms with van der Waals surface area (Å²) < 4.78 is 14.3. The van der Waals surface area contributed by atoms with Gasteiger partial charge in [-0.25, -0.2) is 19.3 Å². The minimum absolute atomic E-state index is 0.0690. The van der Waals surface area contributed by atoms with E-state index in [0.717, 1.165) is 91.4 Å². The van der Waals surface area contributed by atoms with E-state index >= 15 is 0 Å². The molecule has 2 saturated heterocycles. The van der Waals surface area contributed by atoms with E-state index in [1.54, 1.807) is 17.4 Å². The number of benzene rings is 1. The van der Waals surface area contributed by atoms with E-state index in [-0.39, 0.29) is 23.7 Å². The monoisotopic (exact) mass is 674 g/mol. The molecule has 258 valence electrons. The standard InChI is InChI=1S/C38H51FN6O2S/c1-3-32(24-10-12-25(13-11-24)38(46)47)41-21-36-42-33-17-14-27(26-6-4-7-28(39)18-26)19-31(33)37(44-36)43-34(35-20-40-23(2)48-35)22-45-29-8-5-9-30(45)16-15-29/h4,6-7,18,20,24-25,27,29-30,32,34,41H,3,5,8-17,19,21-22H2,1-2H3,(H,46,47)(H,42,43,44)/t24?,25?,27-,29+,30+,32-,34+/m1/s1. The maximum Gasteiger partial charge on any atom is 0.306 e. The number of thiazole rings is 1. The van der Waals surface area contributed by atoms with Gasteiger partial charge in [-0.1, -0.05) is 25.5 Å². The van der Waals surface area contributed by atoms with Gasteiger partial charge in [-0.05, 0) is 114 Å². The highest BCUT2D eigenvalue weighted by atomic mass is 32.1. The fraction of sp³-hybridized carbons (Fsp3) is 0.632. The smallest absolute Gasteiger partial charge is 0.306 e. The fourth-order valence-corrected chi connectivity index (χ4v) is 10.0. The first kappa shape index (κ1) is 33.5. The molecule has 48 heavy (non-hydrogen) atoms. The second kappa shape index (κ2) is 14.9. The summed E-state index contributed by atoms with van der Waals surface area (Å²) in [5.41, 5.74) is 3.30. The number of fused-ring (bicyclic) bond motifs is 3. The predicted octanol–water partition coefficient (Wildman–Crippen LogP) is 7.58. The van der Waals surface area contributed by atoms with Gasteiger partial charge in [-0.15, -0.1) is 11.3 Å². The number of aryl methyl sites for hydroxylation is 2. The minimum atomic E-state index is -0.656. The number of aromatic nitrogens is 3. The lowest BCUT2D eigenvalue weighted by Crippen LogP contribution is -2.43. The Morgan fingerprint density at radius 3 is 2.56 bits per heavy atom. The molecule has 0 unspecified atom stereocenters. The molecule has 7 rings (SSSR count). The van der Waals surface area contributed by atoms with Crippen LogP contribution in [0.2, 0.25) is 0 Å².